The Kier molecular flexibility index (Phi) is 2.96. The second-order valence-corrected chi connectivity index (χ2v) is 4.87. The average Bonchev–Trinajstić information content (AvgIpc) is 2.91. The van der Waals surface area contributed by atoms with E-state index in [-0.39, 0.29) is 5.38 Å². The van der Waals surface area contributed by atoms with Crippen LogP contribution in [-0.4, -0.2) is 5.38 Å². The Morgan fingerprint density at radius 2 is 2.13 bits per heavy atom. The molecule has 0 bridgehead atoms. The summed E-state index contributed by atoms with van der Waals surface area (Å²) in [5.41, 5.74) is 0.383. The number of hydrogen-bond acceptors (Lipinski definition) is 0. The van der Waals surface area contributed by atoms with Gasteiger partial charge in [0.2, 0.25) is 0 Å². The molecule has 1 aliphatic rings. The average molecular weight is 231 g/mol. The fourth-order valence-electron chi connectivity index (χ4n) is 1.92. The summed E-state index contributed by atoms with van der Waals surface area (Å²) in [5.74, 6) is -0.449. The van der Waals surface area contributed by atoms with Gasteiger partial charge < -0.3 is 0 Å². The molecule has 3 heteroatoms. The zero-order chi connectivity index (χ0) is 11.0. The number of benzene rings is 1. The van der Waals surface area contributed by atoms with Gasteiger partial charge in [-0.2, -0.15) is 0 Å². The van der Waals surface area contributed by atoms with Gasteiger partial charge in [0.25, 0.3) is 0 Å². The quantitative estimate of drug-likeness (QED) is 0.694. The summed E-state index contributed by atoms with van der Waals surface area (Å²) >= 11 is 6.14. The normalized spacial score (nSPS) is 26.4. The van der Waals surface area contributed by atoms with Crippen LogP contribution in [-0.2, 0) is 6.42 Å². The molecule has 0 saturated heterocycles. The zero-order valence-electron chi connectivity index (χ0n) is 8.51. The van der Waals surface area contributed by atoms with Crippen molar-refractivity contribution < 1.29 is 8.78 Å². The van der Waals surface area contributed by atoms with E-state index in [9.17, 15) is 8.78 Å². The Labute approximate surface area is 93.2 Å². The van der Waals surface area contributed by atoms with Gasteiger partial charge in [0, 0.05) is 5.38 Å². The monoisotopic (exact) mass is 230 g/mol. The van der Waals surface area contributed by atoms with E-state index in [1.165, 1.54) is 6.07 Å². The third kappa shape index (κ3) is 2.31. The molecule has 3 unspecified atom stereocenters. The summed E-state index contributed by atoms with van der Waals surface area (Å²) in [6.07, 6.45) is 1.52. The van der Waals surface area contributed by atoms with Crippen LogP contribution in [0.2, 0.25) is 0 Å². The first-order valence-electron chi connectivity index (χ1n) is 5.16. The number of halogens is 3. The molecule has 0 radical (unpaired) electrons. The number of alkyl halides is 1. The molecule has 0 amide bonds. The van der Waals surface area contributed by atoms with Crippen molar-refractivity contribution in [2.24, 2.45) is 11.8 Å². The minimum atomic E-state index is -0.791. The van der Waals surface area contributed by atoms with Crippen LogP contribution < -0.4 is 0 Å². The highest BCUT2D eigenvalue weighted by atomic mass is 35.5. The van der Waals surface area contributed by atoms with E-state index in [0.717, 1.165) is 12.5 Å². The number of hydrogen-bond donors (Lipinski definition) is 0. The van der Waals surface area contributed by atoms with Crippen molar-refractivity contribution >= 4 is 11.6 Å². The molecule has 1 aromatic carbocycles. The first-order valence-corrected chi connectivity index (χ1v) is 5.60. The van der Waals surface area contributed by atoms with Gasteiger partial charge >= 0.3 is 0 Å². The summed E-state index contributed by atoms with van der Waals surface area (Å²) < 4.78 is 26.2. The lowest BCUT2D eigenvalue weighted by Gasteiger charge is -2.09. The first-order chi connectivity index (χ1) is 7.09. The van der Waals surface area contributed by atoms with Crippen LogP contribution in [0.4, 0.5) is 8.78 Å². The molecule has 2 rings (SSSR count). The van der Waals surface area contributed by atoms with E-state index < -0.39 is 11.6 Å². The Morgan fingerprint density at radius 1 is 1.47 bits per heavy atom. The standard InChI is InChI=1S/C12H13ClF2/c1-7-5-9(7)10(13)6-8-3-2-4-11(14)12(8)15/h2-4,7,9-10H,5-6H2,1H3. The molecule has 1 aliphatic carbocycles. The number of rotatable bonds is 3. The molecule has 0 aliphatic heterocycles. The van der Waals surface area contributed by atoms with Crippen molar-refractivity contribution in [2.45, 2.75) is 25.1 Å². The smallest absolute Gasteiger partial charge is 0.162 e. The first kappa shape index (κ1) is 10.9. The molecule has 1 saturated carbocycles. The summed E-state index contributed by atoms with van der Waals surface area (Å²) in [7, 11) is 0. The third-order valence-corrected chi connectivity index (χ3v) is 3.56. The Bertz CT molecular complexity index is 365. The fourth-order valence-corrected chi connectivity index (χ4v) is 2.44. The van der Waals surface area contributed by atoms with E-state index in [2.05, 4.69) is 6.92 Å². The van der Waals surface area contributed by atoms with Gasteiger partial charge in [-0.15, -0.1) is 11.6 Å². The fraction of sp³-hybridized carbons (Fsp3) is 0.500. The molecule has 1 aromatic rings. The predicted molar refractivity (Wildman–Crippen MR) is 57.0 cm³/mol. The van der Waals surface area contributed by atoms with Crippen molar-refractivity contribution in [1.82, 2.24) is 0 Å². The van der Waals surface area contributed by atoms with Gasteiger partial charge in [0.05, 0.1) is 0 Å². The summed E-state index contributed by atoms with van der Waals surface area (Å²) in [6, 6.07) is 4.25. The molecule has 0 nitrogen and oxygen atoms in total. The van der Waals surface area contributed by atoms with E-state index in [1.807, 2.05) is 0 Å². The van der Waals surface area contributed by atoms with Gasteiger partial charge in [-0.1, -0.05) is 19.1 Å². The van der Waals surface area contributed by atoms with Crippen LogP contribution in [0.1, 0.15) is 18.9 Å². The van der Waals surface area contributed by atoms with Crippen LogP contribution in [0.15, 0.2) is 18.2 Å². The topological polar surface area (TPSA) is 0 Å². The lowest BCUT2D eigenvalue weighted by Crippen LogP contribution is -2.09. The van der Waals surface area contributed by atoms with Crippen LogP contribution in [0.3, 0.4) is 0 Å². The van der Waals surface area contributed by atoms with Crippen molar-refractivity contribution in [3.8, 4) is 0 Å². The minimum Gasteiger partial charge on any atom is -0.204 e. The van der Waals surface area contributed by atoms with Gasteiger partial charge in [-0.25, -0.2) is 8.78 Å². The maximum absolute atomic E-state index is 13.3. The molecule has 15 heavy (non-hydrogen) atoms. The zero-order valence-corrected chi connectivity index (χ0v) is 9.27. The van der Waals surface area contributed by atoms with E-state index in [1.54, 1.807) is 6.07 Å². The maximum Gasteiger partial charge on any atom is 0.162 e. The summed E-state index contributed by atoms with van der Waals surface area (Å²) in [6.45, 7) is 2.13. The van der Waals surface area contributed by atoms with Gasteiger partial charge in [0.15, 0.2) is 11.6 Å². The largest absolute Gasteiger partial charge is 0.204 e. The van der Waals surface area contributed by atoms with Gasteiger partial charge in [0.1, 0.15) is 0 Å². The second kappa shape index (κ2) is 4.09. The van der Waals surface area contributed by atoms with Crippen LogP contribution in [0.5, 0.6) is 0 Å². The predicted octanol–water partition coefficient (Wildman–Crippen LogP) is 3.77. The third-order valence-electron chi connectivity index (χ3n) is 3.08. The highest BCUT2D eigenvalue weighted by molar-refractivity contribution is 6.21. The highest BCUT2D eigenvalue weighted by Crippen LogP contribution is 2.43. The summed E-state index contributed by atoms with van der Waals surface area (Å²) in [5, 5.41) is -0.0729. The maximum atomic E-state index is 13.3. The van der Waals surface area contributed by atoms with E-state index in [0.29, 0.717) is 23.8 Å². The molecule has 82 valence electrons. The molecule has 1 fully saturated rings. The van der Waals surface area contributed by atoms with Crippen molar-refractivity contribution in [1.29, 1.82) is 0 Å². The molecule has 0 spiro atoms. The minimum absolute atomic E-state index is 0.0729. The molecule has 0 heterocycles. The molecular weight excluding hydrogens is 218 g/mol. The van der Waals surface area contributed by atoms with Crippen LogP contribution >= 0.6 is 11.6 Å². The van der Waals surface area contributed by atoms with E-state index >= 15 is 0 Å². The Hall–Kier alpha value is -0.630. The lowest BCUT2D eigenvalue weighted by molar-refractivity contribution is 0.495. The molecular formula is C12H13ClF2. The Morgan fingerprint density at radius 3 is 2.73 bits per heavy atom. The Balaban J connectivity index is 2.07. The van der Waals surface area contributed by atoms with Crippen molar-refractivity contribution in [3.63, 3.8) is 0 Å². The molecule has 3 atom stereocenters. The second-order valence-electron chi connectivity index (χ2n) is 4.31. The van der Waals surface area contributed by atoms with Crippen molar-refractivity contribution in [2.75, 3.05) is 0 Å². The molecule has 0 N–H and O–H groups in total. The SMILES string of the molecule is CC1CC1C(Cl)Cc1cccc(F)c1F. The summed E-state index contributed by atoms with van der Waals surface area (Å²) in [4.78, 5) is 0. The van der Waals surface area contributed by atoms with Gasteiger partial charge in [-0.3, -0.25) is 0 Å². The van der Waals surface area contributed by atoms with Gasteiger partial charge in [-0.05, 0) is 36.3 Å². The molecule has 0 aromatic heterocycles. The highest BCUT2D eigenvalue weighted by Gasteiger charge is 2.38. The van der Waals surface area contributed by atoms with Crippen molar-refractivity contribution in [3.05, 3.63) is 35.4 Å². The van der Waals surface area contributed by atoms with E-state index in [4.69, 9.17) is 11.6 Å². The lowest BCUT2D eigenvalue weighted by atomic mass is 10.1. The van der Waals surface area contributed by atoms with Crippen LogP contribution in [0, 0.1) is 23.5 Å². The van der Waals surface area contributed by atoms with Crippen LogP contribution in [0.25, 0.3) is 0 Å².